The summed E-state index contributed by atoms with van der Waals surface area (Å²) < 4.78 is 0.815. The number of anilines is 1. The van der Waals surface area contributed by atoms with Crippen LogP contribution in [0.2, 0.25) is 0 Å². The third-order valence-electron chi connectivity index (χ3n) is 5.04. The van der Waals surface area contributed by atoms with Crippen LogP contribution in [0.25, 0.3) is 0 Å². The van der Waals surface area contributed by atoms with Gasteiger partial charge in [-0.2, -0.15) is 0 Å². The first-order valence-corrected chi connectivity index (χ1v) is 11.3. The van der Waals surface area contributed by atoms with E-state index >= 15 is 0 Å². The number of hydrogen-bond donors (Lipinski definition) is 1. The maximum atomic E-state index is 13.0. The van der Waals surface area contributed by atoms with Crippen LogP contribution in [0.5, 0.6) is 0 Å². The van der Waals surface area contributed by atoms with E-state index in [1.807, 2.05) is 61.2 Å². The van der Waals surface area contributed by atoms with Gasteiger partial charge in [0.15, 0.2) is 5.17 Å². The molecule has 1 aliphatic heterocycles. The van der Waals surface area contributed by atoms with Crippen molar-refractivity contribution in [3.8, 4) is 0 Å². The van der Waals surface area contributed by atoms with Gasteiger partial charge in [0, 0.05) is 16.9 Å². The lowest BCUT2D eigenvalue weighted by molar-refractivity contribution is -0.128. The molecule has 2 aliphatic rings. The van der Waals surface area contributed by atoms with Gasteiger partial charge in [0.1, 0.15) is 5.25 Å². The van der Waals surface area contributed by atoms with Crippen molar-refractivity contribution in [2.75, 3.05) is 5.32 Å². The molecule has 4 rings (SSSR count). The van der Waals surface area contributed by atoms with Crippen LogP contribution < -0.4 is 5.32 Å². The largest absolute Gasteiger partial charge is 0.325 e. The molecule has 1 saturated heterocycles. The molecular weight excluding hydrogens is 450 g/mol. The van der Waals surface area contributed by atoms with Crippen molar-refractivity contribution in [3.63, 3.8) is 0 Å². The fraction of sp³-hybridized carbons (Fsp3) is 0.318. The summed E-state index contributed by atoms with van der Waals surface area (Å²) in [6.45, 7) is 4.05. The Morgan fingerprint density at radius 3 is 2.52 bits per heavy atom. The van der Waals surface area contributed by atoms with Gasteiger partial charge in [-0.3, -0.25) is 14.5 Å². The second kappa shape index (κ2) is 8.32. The number of nitrogens with one attached hydrogen (secondary N) is 1. The van der Waals surface area contributed by atoms with Gasteiger partial charge in [-0.05, 0) is 65.9 Å². The SMILES string of the molecule is Cc1cccc(C)c1N=C1SC(CC(=O)Nc2ccccc2Br)C(=O)N1C1CC1. The molecule has 0 aromatic heterocycles. The molecule has 2 aromatic rings. The molecule has 7 heteroatoms. The highest BCUT2D eigenvalue weighted by molar-refractivity contribution is 9.10. The summed E-state index contributed by atoms with van der Waals surface area (Å²) in [6.07, 6.45) is 2.11. The summed E-state index contributed by atoms with van der Waals surface area (Å²) in [7, 11) is 0. The van der Waals surface area contributed by atoms with Gasteiger partial charge in [-0.25, -0.2) is 4.99 Å². The van der Waals surface area contributed by atoms with Gasteiger partial charge in [0.2, 0.25) is 11.8 Å². The zero-order valence-electron chi connectivity index (χ0n) is 16.3. The minimum Gasteiger partial charge on any atom is -0.325 e. The number of halogens is 1. The summed E-state index contributed by atoms with van der Waals surface area (Å²) in [6, 6.07) is 13.7. The fourth-order valence-electron chi connectivity index (χ4n) is 3.37. The number of para-hydroxylation sites is 2. The Labute approximate surface area is 183 Å². The third kappa shape index (κ3) is 4.41. The van der Waals surface area contributed by atoms with E-state index in [4.69, 9.17) is 4.99 Å². The number of rotatable bonds is 5. The van der Waals surface area contributed by atoms with Crippen molar-refractivity contribution in [2.24, 2.45) is 4.99 Å². The van der Waals surface area contributed by atoms with Gasteiger partial charge in [-0.1, -0.05) is 42.1 Å². The average Bonchev–Trinajstić information content (AvgIpc) is 3.46. The second-order valence-corrected chi connectivity index (χ2v) is 9.44. The first kappa shape index (κ1) is 20.2. The number of amidine groups is 1. The highest BCUT2D eigenvalue weighted by atomic mass is 79.9. The van der Waals surface area contributed by atoms with Crippen molar-refractivity contribution in [2.45, 2.75) is 44.4 Å². The van der Waals surface area contributed by atoms with E-state index in [-0.39, 0.29) is 24.3 Å². The number of nitrogens with zero attached hydrogens (tertiary/aromatic N) is 2. The van der Waals surface area contributed by atoms with Crippen LogP contribution in [0, 0.1) is 13.8 Å². The number of aliphatic imine (C=N–C) groups is 1. The van der Waals surface area contributed by atoms with E-state index in [2.05, 4.69) is 21.2 Å². The zero-order chi connectivity index (χ0) is 20.5. The molecule has 1 saturated carbocycles. The number of thioether (sulfide) groups is 1. The Morgan fingerprint density at radius 2 is 1.86 bits per heavy atom. The van der Waals surface area contributed by atoms with Crippen molar-refractivity contribution >= 4 is 56.0 Å². The molecule has 150 valence electrons. The van der Waals surface area contributed by atoms with Crippen LogP contribution in [0.1, 0.15) is 30.4 Å². The van der Waals surface area contributed by atoms with Crippen molar-refractivity contribution in [3.05, 3.63) is 58.1 Å². The molecule has 1 aliphatic carbocycles. The first-order chi connectivity index (χ1) is 13.9. The molecule has 1 atom stereocenters. The summed E-state index contributed by atoms with van der Waals surface area (Å²) in [4.78, 5) is 32.3. The van der Waals surface area contributed by atoms with Crippen LogP contribution >= 0.6 is 27.7 Å². The first-order valence-electron chi connectivity index (χ1n) is 9.63. The average molecular weight is 472 g/mol. The lowest BCUT2D eigenvalue weighted by atomic mass is 10.1. The van der Waals surface area contributed by atoms with Gasteiger partial charge >= 0.3 is 0 Å². The number of carbonyl (C=O) groups excluding carboxylic acids is 2. The summed E-state index contributed by atoms with van der Waals surface area (Å²) in [5, 5.41) is 3.16. The molecule has 2 amide bonds. The van der Waals surface area contributed by atoms with Crippen LogP contribution in [-0.4, -0.2) is 33.2 Å². The van der Waals surface area contributed by atoms with E-state index in [9.17, 15) is 9.59 Å². The Balaban J connectivity index is 1.54. The van der Waals surface area contributed by atoms with Crippen LogP contribution in [0.4, 0.5) is 11.4 Å². The van der Waals surface area contributed by atoms with E-state index in [0.717, 1.165) is 34.1 Å². The normalized spacial score (nSPS) is 20.4. The van der Waals surface area contributed by atoms with Gasteiger partial charge in [0.25, 0.3) is 0 Å². The minimum absolute atomic E-state index is 0.00948. The summed E-state index contributed by atoms with van der Waals surface area (Å²) in [5.74, 6) is -0.184. The predicted octanol–water partition coefficient (Wildman–Crippen LogP) is 5.19. The van der Waals surface area contributed by atoms with Gasteiger partial charge in [0.05, 0.1) is 11.4 Å². The number of amides is 2. The van der Waals surface area contributed by atoms with E-state index < -0.39 is 5.25 Å². The molecular formula is C22H22BrN3O2S. The molecule has 0 radical (unpaired) electrons. The highest BCUT2D eigenvalue weighted by Gasteiger charge is 2.46. The van der Waals surface area contributed by atoms with Crippen molar-refractivity contribution in [1.29, 1.82) is 0 Å². The van der Waals surface area contributed by atoms with Crippen molar-refractivity contribution < 1.29 is 9.59 Å². The van der Waals surface area contributed by atoms with Crippen LogP contribution in [0.15, 0.2) is 51.9 Å². The standard InChI is InChI=1S/C22H22BrN3O2S/c1-13-6-5-7-14(2)20(13)25-22-26(15-10-11-15)21(28)18(29-22)12-19(27)24-17-9-4-3-8-16(17)23/h3-9,15,18H,10-12H2,1-2H3,(H,24,27). The molecule has 1 unspecified atom stereocenters. The van der Waals surface area contributed by atoms with Crippen LogP contribution in [0.3, 0.4) is 0 Å². The molecule has 2 aromatic carbocycles. The minimum atomic E-state index is -0.443. The molecule has 2 fully saturated rings. The summed E-state index contributed by atoms with van der Waals surface area (Å²) in [5.41, 5.74) is 3.77. The monoisotopic (exact) mass is 471 g/mol. The Bertz CT molecular complexity index is 983. The quantitative estimate of drug-likeness (QED) is 0.652. The molecule has 5 nitrogen and oxygen atoms in total. The van der Waals surface area contributed by atoms with Gasteiger partial charge < -0.3 is 5.32 Å². The van der Waals surface area contributed by atoms with Crippen LogP contribution in [-0.2, 0) is 9.59 Å². The zero-order valence-corrected chi connectivity index (χ0v) is 18.7. The highest BCUT2D eigenvalue weighted by Crippen LogP contribution is 2.40. The smallest absolute Gasteiger partial charge is 0.242 e. The molecule has 29 heavy (non-hydrogen) atoms. The summed E-state index contributed by atoms with van der Waals surface area (Å²) >= 11 is 4.84. The fourth-order valence-corrected chi connectivity index (χ4v) is 4.96. The molecule has 1 N–H and O–H groups in total. The maximum Gasteiger partial charge on any atom is 0.242 e. The lowest BCUT2D eigenvalue weighted by Crippen LogP contribution is -2.35. The van der Waals surface area contributed by atoms with E-state index in [1.54, 1.807) is 0 Å². The topological polar surface area (TPSA) is 61.8 Å². The number of carbonyl (C=O) groups is 2. The van der Waals surface area contributed by atoms with E-state index in [1.165, 1.54) is 11.8 Å². The Hall–Kier alpha value is -2.12. The van der Waals surface area contributed by atoms with E-state index in [0.29, 0.717) is 10.9 Å². The molecule has 0 spiro atoms. The number of benzene rings is 2. The second-order valence-electron chi connectivity index (χ2n) is 7.41. The number of hydrogen-bond acceptors (Lipinski definition) is 4. The molecule has 1 heterocycles. The van der Waals surface area contributed by atoms with Crippen molar-refractivity contribution in [1.82, 2.24) is 4.90 Å². The Kier molecular flexibility index (Phi) is 5.79. The predicted molar refractivity (Wildman–Crippen MR) is 122 cm³/mol. The number of aryl methyl sites for hydroxylation is 2. The van der Waals surface area contributed by atoms with Gasteiger partial charge in [-0.15, -0.1) is 0 Å². The Morgan fingerprint density at radius 1 is 1.17 bits per heavy atom. The lowest BCUT2D eigenvalue weighted by Gasteiger charge is -2.16. The molecule has 0 bridgehead atoms. The maximum absolute atomic E-state index is 13.0. The third-order valence-corrected chi connectivity index (χ3v) is 6.89.